The number of nitrogens with two attached hydrogens (primary N) is 1. The minimum atomic E-state index is 0.305. The molecule has 0 atom stereocenters. The largest absolute Gasteiger partial charge is 0.330 e. The highest BCUT2D eigenvalue weighted by atomic mass is 16.1. The third-order valence-corrected chi connectivity index (χ3v) is 1.66. The summed E-state index contributed by atoms with van der Waals surface area (Å²) in [6.45, 7) is 6.32. The zero-order chi connectivity index (χ0) is 9.40. The number of carbonyl (C=O) groups excluding carboxylic acids is 1. The Morgan fingerprint density at radius 2 is 2.00 bits per heavy atom. The highest BCUT2D eigenvalue weighted by Gasteiger charge is 2.00. The molecule has 0 fully saturated rings. The van der Waals surface area contributed by atoms with Gasteiger partial charge in [0.1, 0.15) is 5.78 Å². The van der Waals surface area contributed by atoms with Gasteiger partial charge in [0.2, 0.25) is 0 Å². The molecule has 2 N–H and O–H groups in total. The van der Waals surface area contributed by atoms with E-state index in [1.807, 2.05) is 6.92 Å². The van der Waals surface area contributed by atoms with Gasteiger partial charge in [-0.3, -0.25) is 4.79 Å². The van der Waals surface area contributed by atoms with Crippen LogP contribution in [0.1, 0.15) is 39.0 Å². The Morgan fingerprint density at radius 1 is 1.33 bits per heavy atom. The van der Waals surface area contributed by atoms with Gasteiger partial charge >= 0.3 is 0 Å². The molecule has 0 aliphatic rings. The van der Waals surface area contributed by atoms with Crippen LogP contribution >= 0.6 is 0 Å². The van der Waals surface area contributed by atoms with Crippen LogP contribution in [0, 0.1) is 0 Å². The molecule has 70 valence electrons. The molecule has 12 heavy (non-hydrogen) atoms. The number of allylic oxidation sites excluding steroid dienone is 1. The van der Waals surface area contributed by atoms with E-state index in [9.17, 15) is 4.79 Å². The Balaban J connectivity index is 3.26. The topological polar surface area (TPSA) is 43.1 Å². The fourth-order valence-electron chi connectivity index (χ4n) is 1.07. The average Bonchev–Trinajstić information content (AvgIpc) is 1.97. The molecule has 0 aromatic rings. The van der Waals surface area contributed by atoms with Crippen molar-refractivity contribution in [1.82, 2.24) is 0 Å². The van der Waals surface area contributed by atoms with E-state index in [-0.39, 0.29) is 0 Å². The van der Waals surface area contributed by atoms with Crippen molar-refractivity contribution in [2.75, 3.05) is 6.54 Å². The molecule has 0 aromatic carbocycles. The van der Waals surface area contributed by atoms with Crippen molar-refractivity contribution in [1.29, 1.82) is 0 Å². The van der Waals surface area contributed by atoms with Crippen molar-refractivity contribution in [3.05, 3.63) is 12.2 Å². The Hall–Kier alpha value is -0.630. The molecule has 0 rings (SSSR count). The van der Waals surface area contributed by atoms with Gasteiger partial charge in [-0.25, -0.2) is 0 Å². The first kappa shape index (κ1) is 11.4. The maximum absolute atomic E-state index is 11.1. The lowest BCUT2D eigenvalue weighted by molar-refractivity contribution is -0.118. The molecule has 2 heteroatoms. The van der Waals surface area contributed by atoms with Crippen LogP contribution in [0.4, 0.5) is 0 Å². The molecule has 0 aliphatic carbocycles. The minimum Gasteiger partial charge on any atom is -0.330 e. The van der Waals surface area contributed by atoms with E-state index in [1.54, 1.807) is 0 Å². The fourth-order valence-corrected chi connectivity index (χ4v) is 1.07. The molecule has 0 bridgehead atoms. The zero-order valence-electron chi connectivity index (χ0n) is 7.94. The summed E-state index contributed by atoms with van der Waals surface area (Å²) in [5.74, 6) is 0.305. The predicted octanol–water partition coefficient (Wildman–Crippen LogP) is 2.04. The second kappa shape index (κ2) is 7.04. The first-order valence-corrected chi connectivity index (χ1v) is 4.53. The minimum absolute atomic E-state index is 0.305. The normalized spacial score (nSPS) is 9.83. The third kappa shape index (κ3) is 7.48. The van der Waals surface area contributed by atoms with Crippen LogP contribution in [0.3, 0.4) is 0 Å². The van der Waals surface area contributed by atoms with Crippen molar-refractivity contribution >= 4 is 5.78 Å². The molecule has 0 aromatic heterocycles. The van der Waals surface area contributed by atoms with Gasteiger partial charge in [0.15, 0.2) is 0 Å². The second-order valence-electron chi connectivity index (χ2n) is 3.27. The van der Waals surface area contributed by atoms with Crippen molar-refractivity contribution in [3.8, 4) is 0 Å². The maximum atomic E-state index is 11.1. The van der Waals surface area contributed by atoms with Gasteiger partial charge < -0.3 is 5.73 Å². The van der Waals surface area contributed by atoms with E-state index in [4.69, 9.17) is 5.73 Å². The van der Waals surface area contributed by atoms with Crippen LogP contribution in [0.15, 0.2) is 12.2 Å². The van der Waals surface area contributed by atoms with Crippen LogP contribution in [-0.4, -0.2) is 12.3 Å². The SMILES string of the molecule is C=C(C)CC(=O)CCCCCN. The Kier molecular flexibility index (Phi) is 6.67. The molecule has 0 spiro atoms. The molecule has 2 nitrogen and oxygen atoms in total. The summed E-state index contributed by atoms with van der Waals surface area (Å²) in [4.78, 5) is 11.1. The number of carbonyl (C=O) groups is 1. The Morgan fingerprint density at radius 3 is 2.50 bits per heavy atom. The van der Waals surface area contributed by atoms with Crippen LogP contribution < -0.4 is 5.73 Å². The van der Waals surface area contributed by atoms with Crippen LogP contribution in [0.5, 0.6) is 0 Å². The molecule has 0 amide bonds. The number of hydrogen-bond donors (Lipinski definition) is 1. The Labute approximate surface area is 74.8 Å². The lowest BCUT2D eigenvalue weighted by atomic mass is 10.1. The van der Waals surface area contributed by atoms with Crippen LogP contribution in [0.2, 0.25) is 0 Å². The number of rotatable bonds is 7. The third-order valence-electron chi connectivity index (χ3n) is 1.66. The first-order valence-electron chi connectivity index (χ1n) is 4.53. The van der Waals surface area contributed by atoms with Gasteiger partial charge in [-0.05, 0) is 26.3 Å². The molecule has 0 saturated heterocycles. The summed E-state index contributed by atoms with van der Waals surface area (Å²) >= 11 is 0. The predicted molar refractivity (Wildman–Crippen MR) is 52.0 cm³/mol. The molecule has 0 radical (unpaired) electrons. The summed E-state index contributed by atoms with van der Waals surface area (Å²) in [5, 5.41) is 0. The molecule has 0 unspecified atom stereocenters. The van der Waals surface area contributed by atoms with Gasteiger partial charge in [0.25, 0.3) is 0 Å². The van der Waals surface area contributed by atoms with Gasteiger partial charge in [-0.15, -0.1) is 0 Å². The summed E-state index contributed by atoms with van der Waals surface area (Å²) in [7, 11) is 0. The molecular formula is C10H19NO. The van der Waals surface area contributed by atoms with Gasteiger partial charge in [-0.2, -0.15) is 0 Å². The van der Waals surface area contributed by atoms with Crippen molar-refractivity contribution in [2.45, 2.75) is 39.0 Å². The molecular weight excluding hydrogens is 150 g/mol. The summed E-state index contributed by atoms with van der Waals surface area (Å²) in [6, 6.07) is 0. The summed E-state index contributed by atoms with van der Waals surface area (Å²) in [5.41, 5.74) is 6.28. The number of Topliss-reactive ketones (excluding diaryl/α,β-unsaturated/α-hetero) is 1. The lowest BCUT2D eigenvalue weighted by Gasteiger charge is -1.99. The monoisotopic (exact) mass is 169 g/mol. The average molecular weight is 169 g/mol. The smallest absolute Gasteiger partial charge is 0.136 e. The van der Waals surface area contributed by atoms with Crippen molar-refractivity contribution < 1.29 is 4.79 Å². The van der Waals surface area contributed by atoms with Crippen LogP contribution in [0.25, 0.3) is 0 Å². The number of unbranched alkanes of at least 4 members (excludes halogenated alkanes) is 2. The van der Waals surface area contributed by atoms with Gasteiger partial charge in [0.05, 0.1) is 0 Å². The second-order valence-corrected chi connectivity index (χ2v) is 3.27. The van der Waals surface area contributed by atoms with Crippen molar-refractivity contribution in [2.24, 2.45) is 5.73 Å². The van der Waals surface area contributed by atoms with E-state index in [2.05, 4.69) is 6.58 Å². The van der Waals surface area contributed by atoms with E-state index in [0.717, 1.165) is 31.4 Å². The number of ketones is 1. The fraction of sp³-hybridized carbons (Fsp3) is 0.700. The maximum Gasteiger partial charge on any atom is 0.136 e. The van der Waals surface area contributed by atoms with E-state index < -0.39 is 0 Å². The first-order chi connectivity index (χ1) is 5.66. The molecule has 0 aliphatic heterocycles. The van der Waals surface area contributed by atoms with E-state index in [0.29, 0.717) is 18.6 Å². The summed E-state index contributed by atoms with van der Waals surface area (Å²) < 4.78 is 0. The van der Waals surface area contributed by atoms with E-state index >= 15 is 0 Å². The zero-order valence-corrected chi connectivity index (χ0v) is 7.94. The number of hydrogen-bond acceptors (Lipinski definition) is 2. The standard InChI is InChI=1S/C10H19NO/c1-9(2)8-10(12)6-4-3-5-7-11/h1,3-8,11H2,2H3. The molecule has 0 saturated carbocycles. The van der Waals surface area contributed by atoms with Gasteiger partial charge in [-0.1, -0.05) is 18.6 Å². The Bertz CT molecular complexity index is 152. The quantitative estimate of drug-likeness (QED) is 0.468. The van der Waals surface area contributed by atoms with Crippen molar-refractivity contribution in [3.63, 3.8) is 0 Å². The van der Waals surface area contributed by atoms with Crippen LogP contribution in [-0.2, 0) is 4.79 Å². The van der Waals surface area contributed by atoms with Gasteiger partial charge in [0, 0.05) is 12.8 Å². The highest BCUT2D eigenvalue weighted by Crippen LogP contribution is 2.05. The molecule has 0 heterocycles. The lowest BCUT2D eigenvalue weighted by Crippen LogP contribution is -2.00. The van der Waals surface area contributed by atoms with E-state index in [1.165, 1.54) is 0 Å². The summed E-state index contributed by atoms with van der Waals surface area (Å²) in [6.07, 6.45) is 4.30. The highest BCUT2D eigenvalue weighted by molar-refractivity contribution is 5.80.